The first kappa shape index (κ1) is 15.2. The first-order chi connectivity index (χ1) is 9.02. The summed E-state index contributed by atoms with van der Waals surface area (Å²) in [4.78, 5) is 18.7. The molecule has 0 aliphatic heterocycles. The number of hydrogen-bond donors (Lipinski definition) is 2. The molecule has 2 atom stereocenters. The molecule has 0 saturated carbocycles. The Balaban J connectivity index is 2.34. The summed E-state index contributed by atoms with van der Waals surface area (Å²) < 4.78 is 5.02. The van der Waals surface area contributed by atoms with Crippen LogP contribution in [0.5, 0.6) is 5.88 Å². The summed E-state index contributed by atoms with van der Waals surface area (Å²) in [6, 6.07) is 1.96. The molecule has 1 aromatic heterocycles. The number of nitrogens with one attached hydrogen (secondary N) is 1. The van der Waals surface area contributed by atoms with E-state index in [0.29, 0.717) is 18.1 Å². The number of nitrogens with zero attached hydrogens (tertiary/aromatic N) is 2. The van der Waals surface area contributed by atoms with Crippen molar-refractivity contribution in [3.63, 3.8) is 0 Å². The third-order valence-corrected chi connectivity index (χ3v) is 2.94. The monoisotopic (exact) mass is 267 g/mol. The van der Waals surface area contributed by atoms with Crippen LogP contribution in [-0.2, 0) is 4.79 Å². The van der Waals surface area contributed by atoms with Crippen LogP contribution in [0.3, 0.4) is 0 Å². The third kappa shape index (κ3) is 5.54. The van der Waals surface area contributed by atoms with Gasteiger partial charge in [0, 0.05) is 12.1 Å². The molecule has 0 fully saturated rings. The average Bonchev–Trinajstić information content (AvgIpc) is 2.38. The Morgan fingerprint density at radius 2 is 2.16 bits per heavy atom. The van der Waals surface area contributed by atoms with Gasteiger partial charge in [0.25, 0.3) is 0 Å². The highest BCUT2D eigenvalue weighted by molar-refractivity contribution is 5.69. The van der Waals surface area contributed by atoms with Crippen molar-refractivity contribution in [2.24, 2.45) is 5.92 Å². The van der Waals surface area contributed by atoms with Crippen LogP contribution in [0, 0.1) is 5.92 Å². The lowest BCUT2D eigenvalue weighted by molar-refractivity contribution is -0.141. The van der Waals surface area contributed by atoms with E-state index in [9.17, 15) is 4.79 Å². The molecular formula is C13H21N3O3. The SMILES string of the molecule is COc1cc(NC(C)CCCC(C)C(=O)O)ncn1. The number of ether oxygens (including phenoxy) is 1. The molecule has 19 heavy (non-hydrogen) atoms. The van der Waals surface area contributed by atoms with Gasteiger partial charge in [-0.25, -0.2) is 9.97 Å². The van der Waals surface area contributed by atoms with Gasteiger partial charge in [-0.1, -0.05) is 13.3 Å². The maximum Gasteiger partial charge on any atom is 0.306 e. The molecule has 1 rings (SSSR count). The Hall–Kier alpha value is -1.85. The van der Waals surface area contributed by atoms with E-state index < -0.39 is 5.97 Å². The van der Waals surface area contributed by atoms with Gasteiger partial charge in [0.2, 0.25) is 5.88 Å². The summed E-state index contributed by atoms with van der Waals surface area (Å²) in [6.07, 6.45) is 3.89. The predicted molar refractivity (Wildman–Crippen MR) is 72.3 cm³/mol. The third-order valence-electron chi connectivity index (χ3n) is 2.94. The zero-order chi connectivity index (χ0) is 14.3. The number of carboxylic acid groups (broad SMARTS) is 1. The lowest BCUT2D eigenvalue weighted by Gasteiger charge is -2.15. The van der Waals surface area contributed by atoms with Crippen molar-refractivity contribution in [2.45, 2.75) is 39.2 Å². The number of aliphatic carboxylic acids is 1. The Morgan fingerprint density at radius 1 is 1.42 bits per heavy atom. The highest BCUT2D eigenvalue weighted by atomic mass is 16.5. The van der Waals surface area contributed by atoms with E-state index >= 15 is 0 Å². The maximum atomic E-state index is 10.7. The van der Waals surface area contributed by atoms with E-state index in [1.54, 1.807) is 20.1 Å². The van der Waals surface area contributed by atoms with Crippen molar-refractivity contribution in [1.82, 2.24) is 9.97 Å². The molecule has 0 radical (unpaired) electrons. The number of carbonyl (C=O) groups is 1. The van der Waals surface area contributed by atoms with Crippen LogP contribution >= 0.6 is 0 Å². The largest absolute Gasteiger partial charge is 0.481 e. The summed E-state index contributed by atoms with van der Waals surface area (Å²) in [7, 11) is 1.56. The number of carboxylic acids is 1. The summed E-state index contributed by atoms with van der Waals surface area (Å²) in [5.74, 6) is 0.210. The Labute approximate surface area is 113 Å². The number of rotatable bonds is 8. The van der Waals surface area contributed by atoms with Gasteiger partial charge in [0.15, 0.2) is 0 Å². The van der Waals surface area contributed by atoms with Gasteiger partial charge in [-0.3, -0.25) is 4.79 Å². The summed E-state index contributed by atoms with van der Waals surface area (Å²) in [5, 5.41) is 12.0. The minimum Gasteiger partial charge on any atom is -0.481 e. The molecular weight excluding hydrogens is 246 g/mol. The first-order valence-electron chi connectivity index (χ1n) is 6.38. The van der Waals surface area contributed by atoms with Gasteiger partial charge in [-0.15, -0.1) is 0 Å². The minimum absolute atomic E-state index is 0.223. The van der Waals surface area contributed by atoms with E-state index in [1.807, 2.05) is 6.92 Å². The number of methoxy groups -OCH3 is 1. The van der Waals surface area contributed by atoms with Crippen LogP contribution in [-0.4, -0.2) is 34.2 Å². The average molecular weight is 267 g/mol. The molecule has 0 aromatic carbocycles. The Morgan fingerprint density at radius 3 is 2.79 bits per heavy atom. The highest BCUT2D eigenvalue weighted by Crippen LogP contribution is 2.14. The van der Waals surface area contributed by atoms with Crippen LogP contribution in [0.4, 0.5) is 5.82 Å². The van der Waals surface area contributed by atoms with Crippen LogP contribution < -0.4 is 10.1 Å². The smallest absolute Gasteiger partial charge is 0.306 e. The highest BCUT2D eigenvalue weighted by Gasteiger charge is 2.11. The topological polar surface area (TPSA) is 84.3 Å². The van der Waals surface area contributed by atoms with Crippen LogP contribution in [0.15, 0.2) is 12.4 Å². The minimum atomic E-state index is -0.735. The van der Waals surface area contributed by atoms with Crippen molar-refractivity contribution < 1.29 is 14.6 Å². The van der Waals surface area contributed by atoms with Crippen molar-refractivity contribution in [3.05, 3.63) is 12.4 Å². The van der Waals surface area contributed by atoms with Gasteiger partial charge in [-0.05, 0) is 19.8 Å². The van der Waals surface area contributed by atoms with Gasteiger partial charge in [0.1, 0.15) is 12.1 Å². The Bertz CT molecular complexity index is 412. The van der Waals surface area contributed by atoms with Crippen molar-refractivity contribution >= 4 is 11.8 Å². The van der Waals surface area contributed by atoms with E-state index in [0.717, 1.165) is 12.8 Å². The van der Waals surface area contributed by atoms with Crippen molar-refractivity contribution in [3.8, 4) is 5.88 Å². The zero-order valence-electron chi connectivity index (χ0n) is 11.6. The number of anilines is 1. The standard InChI is InChI=1S/C13H21N3O3/c1-9(13(17)18)5-4-6-10(2)16-11-7-12(19-3)15-8-14-11/h7-10H,4-6H2,1-3H3,(H,17,18)(H,14,15,16). The van der Waals surface area contributed by atoms with Crippen LogP contribution in [0.2, 0.25) is 0 Å². The fourth-order valence-corrected chi connectivity index (χ4v) is 1.71. The first-order valence-corrected chi connectivity index (χ1v) is 6.38. The second-order valence-electron chi connectivity index (χ2n) is 4.66. The second-order valence-corrected chi connectivity index (χ2v) is 4.66. The molecule has 0 saturated heterocycles. The van der Waals surface area contributed by atoms with Crippen molar-refractivity contribution in [1.29, 1.82) is 0 Å². The zero-order valence-corrected chi connectivity index (χ0v) is 11.6. The molecule has 0 bridgehead atoms. The maximum absolute atomic E-state index is 10.7. The molecule has 0 spiro atoms. The quantitative estimate of drug-likeness (QED) is 0.751. The summed E-state index contributed by atoms with van der Waals surface area (Å²) in [5.41, 5.74) is 0. The summed E-state index contributed by atoms with van der Waals surface area (Å²) in [6.45, 7) is 3.77. The molecule has 6 nitrogen and oxygen atoms in total. The Kier molecular flexibility index (Phi) is 6.05. The van der Waals surface area contributed by atoms with Crippen LogP contribution in [0.1, 0.15) is 33.1 Å². The lowest BCUT2D eigenvalue weighted by Crippen LogP contribution is -2.17. The van der Waals surface area contributed by atoms with Gasteiger partial charge < -0.3 is 15.2 Å². The molecule has 106 valence electrons. The second kappa shape index (κ2) is 7.56. The fourth-order valence-electron chi connectivity index (χ4n) is 1.71. The number of hydrogen-bond acceptors (Lipinski definition) is 5. The molecule has 0 aliphatic carbocycles. The molecule has 1 heterocycles. The van der Waals surface area contributed by atoms with Gasteiger partial charge >= 0.3 is 5.97 Å². The molecule has 2 unspecified atom stereocenters. The summed E-state index contributed by atoms with van der Waals surface area (Å²) >= 11 is 0. The van der Waals surface area contributed by atoms with Crippen LogP contribution in [0.25, 0.3) is 0 Å². The van der Waals surface area contributed by atoms with E-state index in [-0.39, 0.29) is 12.0 Å². The molecule has 0 aliphatic rings. The number of aromatic nitrogens is 2. The molecule has 1 aromatic rings. The van der Waals surface area contributed by atoms with E-state index in [2.05, 4.69) is 15.3 Å². The lowest BCUT2D eigenvalue weighted by atomic mass is 10.0. The molecule has 6 heteroatoms. The van der Waals surface area contributed by atoms with Gasteiger partial charge in [-0.2, -0.15) is 0 Å². The molecule has 2 N–H and O–H groups in total. The predicted octanol–water partition coefficient (Wildman–Crippen LogP) is 2.18. The van der Waals surface area contributed by atoms with E-state index in [4.69, 9.17) is 9.84 Å². The normalized spacial score (nSPS) is 13.6. The van der Waals surface area contributed by atoms with Crippen molar-refractivity contribution in [2.75, 3.05) is 12.4 Å². The fraction of sp³-hybridized carbons (Fsp3) is 0.615. The van der Waals surface area contributed by atoms with Gasteiger partial charge in [0.05, 0.1) is 13.0 Å². The molecule has 0 amide bonds. The van der Waals surface area contributed by atoms with E-state index in [1.165, 1.54) is 6.33 Å².